The summed E-state index contributed by atoms with van der Waals surface area (Å²) in [5.41, 5.74) is 7.01. The third-order valence-electron chi connectivity index (χ3n) is 6.25. The van der Waals surface area contributed by atoms with Gasteiger partial charge in [-0.1, -0.05) is 74.5 Å². The first-order valence-corrected chi connectivity index (χ1v) is 12.8. The van der Waals surface area contributed by atoms with E-state index in [1.54, 1.807) is 0 Å². The molecule has 37 heavy (non-hydrogen) atoms. The van der Waals surface area contributed by atoms with E-state index in [4.69, 9.17) is 14.9 Å². The second kappa shape index (κ2) is 14.1. The number of nitrogens with one attached hydrogen (secondary N) is 2. The average molecular weight is 500 g/mol. The molecule has 1 unspecified atom stereocenters. The zero-order chi connectivity index (χ0) is 26.6. The van der Waals surface area contributed by atoms with Gasteiger partial charge in [-0.05, 0) is 49.1 Å². The van der Waals surface area contributed by atoms with Crippen LogP contribution in [0.5, 0.6) is 5.75 Å². The summed E-state index contributed by atoms with van der Waals surface area (Å²) in [6.07, 6.45) is 1.13. The zero-order valence-electron chi connectivity index (χ0n) is 22.1. The fourth-order valence-corrected chi connectivity index (χ4v) is 4.08. The number of aromatic nitrogens is 1. The number of carbonyl (C=O) groups is 1. The van der Waals surface area contributed by atoms with Crippen LogP contribution in [0.25, 0.3) is 22.2 Å². The van der Waals surface area contributed by atoms with Crippen molar-refractivity contribution in [3.05, 3.63) is 96.1 Å². The molecule has 0 aliphatic carbocycles. The molecule has 4 aromatic rings. The maximum absolute atomic E-state index is 9.45. The molecule has 1 aliphatic heterocycles. The Morgan fingerprint density at radius 1 is 1.03 bits per heavy atom. The van der Waals surface area contributed by atoms with Crippen LogP contribution >= 0.6 is 0 Å². The van der Waals surface area contributed by atoms with Gasteiger partial charge in [-0.3, -0.25) is 10.0 Å². The molecule has 1 aliphatic rings. The second-order valence-corrected chi connectivity index (χ2v) is 8.81. The Morgan fingerprint density at radius 3 is 2.27 bits per heavy atom. The predicted octanol–water partition coefficient (Wildman–Crippen LogP) is 6.17. The lowest BCUT2D eigenvalue weighted by atomic mass is 9.87. The molecule has 1 aromatic heterocycles. The van der Waals surface area contributed by atoms with E-state index in [1.807, 2.05) is 38.1 Å². The van der Waals surface area contributed by atoms with Crippen molar-refractivity contribution in [1.29, 1.82) is 0 Å². The Morgan fingerprint density at radius 2 is 1.68 bits per heavy atom. The minimum atomic E-state index is -0.440. The molecule has 1 amide bonds. The van der Waals surface area contributed by atoms with E-state index in [-0.39, 0.29) is 0 Å². The molecule has 2 atom stereocenters. The standard InChI is InChI=1S/C27H26N2O.C2H5NO2.C2H6/c1-19-22(17-28-19)15-20-11-13-24(14-12-20)30-18-23-16-27(21-7-3-2-4-8-21)29-26-10-6-5-9-25(23)26;1-2(4)3-5;1-2/h2-14,16,19,22,28H,15,17-18H2,1H3;5H,1H3,(H,3,4);1-2H3/t19?,22-;;/m0../s1. The first-order chi connectivity index (χ1) is 18.0. The molecule has 0 radical (unpaired) electrons. The zero-order valence-corrected chi connectivity index (χ0v) is 22.1. The Bertz CT molecular complexity index is 1260. The topological polar surface area (TPSA) is 83.5 Å². The van der Waals surface area contributed by atoms with E-state index in [2.05, 4.69) is 72.9 Å². The monoisotopic (exact) mass is 499 g/mol. The van der Waals surface area contributed by atoms with Crippen molar-refractivity contribution in [3.8, 4) is 17.0 Å². The highest BCUT2D eigenvalue weighted by atomic mass is 16.5. The first kappa shape index (κ1) is 27.8. The number of amides is 1. The SMILES string of the molecule is CC.CC(=O)NO.CC1NC[C@@H]1Cc1ccc(OCc2cc(-c3ccccc3)nc3ccccc23)cc1. The second-order valence-electron chi connectivity index (χ2n) is 8.81. The molecular weight excluding hydrogens is 462 g/mol. The largest absolute Gasteiger partial charge is 0.489 e. The highest BCUT2D eigenvalue weighted by Gasteiger charge is 2.25. The Labute approximate surface area is 219 Å². The van der Waals surface area contributed by atoms with Crippen LogP contribution in [0.2, 0.25) is 0 Å². The van der Waals surface area contributed by atoms with Crippen LogP contribution in [0.15, 0.2) is 84.9 Å². The van der Waals surface area contributed by atoms with Gasteiger partial charge in [0.2, 0.25) is 5.91 Å². The maximum atomic E-state index is 9.45. The molecule has 194 valence electrons. The van der Waals surface area contributed by atoms with Crippen molar-refractivity contribution in [2.24, 2.45) is 5.92 Å². The fraction of sp³-hybridized carbons (Fsp3) is 0.290. The van der Waals surface area contributed by atoms with Crippen molar-refractivity contribution in [3.63, 3.8) is 0 Å². The van der Waals surface area contributed by atoms with Crippen molar-refractivity contribution in [2.45, 2.75) is 46.8 Å². The number of hydrogen-bond donors (Lipinski definition) is 3. The van der Waals surface area contributed by atoms with Gasteiger partial charge in [-0.15, -0.1) is 0 Å². The number of ether oxygens (including phenoxy) is 1. The van der Waals surface area contributed by atoms with Crippen molar-refractivity contribution in [2.75, 3.05) is 6.54 Å². The summed E-state index contributed by atoms with van der Waals surface area (Å²) in [6, 6.07) is 29.9. The molecule has 6 heteroatoms. The van der Waals surface area contributed by atoms with Crippen molar-refractivity contribution in [1.82, 2.24) is 15.8 Å². The molecule has 1 fully saturated rings. The summed E-state index contributed by atoms with van der Waals surface area (Å²) in [5.74, 6) is 1.21. The van der Waals surface area contributed by atoms with E-state index < -0.39 is 5.91 Å². The van der Waals surface area contributed by atoms with Gasteiger partial charge in [0.05, 0.1) is 11.2 Å². The molecule has 0 bridgehead atoms. The lowest BCUT2D eigenvalue weighted by Crippen LogP contribution is -2.51. The predicted molar refractivity (Wildman–Crippen MR) is 150 cm³/mol. The molecule has 3 N–H and O–H groups in total. The summed E-state index contributed by atoms with van der Waals surface area (Å²) < 4.78 is 6.17. The van der Waals surface area contributed by atoms with Crippen LogP contribution in [-0.2, 0) is 17.8 Å². The van der Waals surface area contributed by atoms with E-state index in [9.17, 15) is 4.79 Å². The fourth-order valence-electron chi connectivity index (χ4n) is 4.08. The minimum absolute atomic E-state index is 0.440. The Hall–Kier alpha value is -3.74. The average Bonchev–Trinajstić information content (AvgIpc) is 2.96. The van der Waals surface area contributed by atoms with Crippen LogP contribution in [0.1, 0.15) is 38.8 Å². The quantitative estimate of drug-likeness (QED) is 0.218. The summed E-state index contributed by atoms with van der Waals surface area (Å²) >= 11 is 0. The number of para-hydroxylation sites is 1. The number of hydroxylamine groups is 1. The summed E-state index contributed by atoms with van der Waals surface area (Å²) in [7, 11) is 0. The number of carbonyl (C=O) groups excluding carboxylic acids is 1. The molecular formula is C31H37N3O3. The first-order valence-electron chi connectivity index (χ1n) is 12.8. The van der Waals surface area contributed by atoms with E-state index in [1.165, 1.54) is 18.0 Å². The molecule has 0 spiro atoms. The van der Waals surface area contributed by atoms with Gasteiger partial charge >= 0.3 is 0 Å². The maximum Gasteiger partial charge on any atom is 0.240 e. The van der Waals surface area contributed by atoms with Gasteiger partial charge < -0.3 is 10.1 Å². The third kappa shape index (κ3) is 7.87. The molecule has 6 nitrogen and oxygen atoms in total. The molecule has 5 rings (SSSR count). The van der Waals surface area contributed by atoms with Crippen molar-refractivity contribution < 1.29 is 14.7 Å². The van der Waals surface area contributed by atoms with E-state index in [0.29, 0.717) is 12.6 Å². The van der Waals surface area contributed by atoms with Crippen LogP contribution in [-0.4, -0.2) is 28.7 Å². The van der Waals surface area contributed by atoms with Gasteiger partial charge in [-0.2, -0.15) is 0 Å². The third-order valence-corrected chi connectivity index (χ3v) is 6.25. The number of fused-ring (bicyclic) bond motifs is 1. The van der Waals surface area contributed by atoms with Crippen LogP contribution in [0, 0.1) is 5.92 Å². The number of hydrogen-bond acceptors (Lipinski definition) is 5. The van der Waals surface area contributed by atoms with Gasteiger partial charge in [0.1, 0.15) is 12.4 Å². The van der Waals surface area contributed by atoms with Gasteiger partial charge in [0.15, 0.2) is 0 Å². The highest BCUT2D eigenvalue weighted by Crippen LogP contribution is 2.26. The lowest BCUT2D eigenvalue weighted by molar-refractivity contribution is -0.126. The number of pyridine rings is 1. The van der Waals surface area contributed by atoms with Gasteiger partial charge in [0.25, 0.3) is 0 Å². The Balaban J connectivity index is 0.000000489. The molecule has 0 saturated carbocycles. The smallest absolute Gasteiger partial charge is 0.240 e. The number of benzene rings is 3. The lowest BCUT2D eigenvalue weighted by Gasteiger charge is -2.35. The molecule has 2 heterocycles. The van der Waals surface area contributed by atoms with Crippen molar-refractivity contribution >= 4 is 16.8 Å². The van der Waals surface area contributed by atoms with Crippen LogP contribution in [0.4, 0.5) is 0 Å². The minimum Gasteiger partial charge on any atom is -0.489 e. The summed E-state index contributed by atoms with van der Waals surface area (Å²) in [6.45, 7) is 9.12. The normalized spacial score (nSPS) is 15.8. The highest BCUT2D eigenvalue weighted by molar-refractivity contribution is 5.85. The van der Waals surface area contributed by atoms with Crippen LogP contribution < -0.4 is 15.5 Å². The van der Waals surface area contributed by atoms with Crippen LogP contribution in [0.3, 0.4) is 0 Å². The number of rotatable bonds is 6. The molecule has 3 aromatic carbocycles. The van der Waals surface area contributed by atoms with E-state index >= 15 is 0 Å². The summed E-state index contributed by atoms with van der Waals surface area (Å²) in [4.78, 5) is 14.3. The number of nitrogens with zero attached hydrogens (tertiary/aromatic N) is 1. The molecule has 1 saturated heterocycles. The van der Waals surface area contributed by atoms with Gasteiger partial charge in [-0.25, -0.2) is 10.5 Å². The van der Waals surface area contributed by atoms with E-state index in [0.717, 1.165) is 52.4 Å². The Kier molecular flexibility index (Phi) is 10.6. The summed E-state index contributed by atoms with van der Waals surface area (Å²) in [5, 5.41) is 12.1. The van der Waals surface area contributed by atoms with Gasteiger partial charge in [0, 0.05) is 36.0 Å².